The van der Waals surface area contributed by atoms with Gasteiger partial charge in [-0.2, -0.15) is 0 Å². The third kappa shape index (κ3) is 4.99. The van der Waals surface area contributed by atoms with Gasteiger partial charge in [-0.1, -0.05) is 25.7 Å². The monoisotopic (exact) mass is 267 g/mol. The van der Waals surface area contributed by atoms with Gasteiger partial charge < -0.3 is 5.32 Å². The lowest BCUT2D eigenvalue weighted by molar-refractivity contribution is 0.474. The van der Waals surface area contributed by atoms with Crippen molar-refractivity contribution in [2.45, 2.75) is 49.5 Å². The summed E-state index contributed by atoms with van der Waals surface area (Å²) in [6.07, 6.45) is 8.24. The lowest BCUT2D eigenvalue weighted by atomic mass is 10.1. The Morgan fingerprint density at radius 1 is 1.06 bits per heavy atom. The van der Waals surface area contributed by atoms with E-state index in [2.05, 4.69) is 5.32 Å². The predicted octanol–water partition coefficient (Wildman–Crippen LogP) is 4.23. The van der Waals surface area contributed by atoms with Crippen LogP contribution in [0.15, 0.2) is 29.2 Å². The van der Waals surface area contributed by atoms with E-state index in [1.54, 1.807) is 11.8 Å². The van der Waals surface area contributed by atoms with Gasteiger partial charge in [0.2, 0.25) is 0 Å². The van der Waals surface area contributed by atoms with Crippen molar-refractivity contribution in [2.75, 3.05) is 12.3 Å². The quantitative estimate of drug-likeness (QED) is 0.487. The van der Waals surface area contributed by atoms with E-state index >= 15 is 0 Å². The summed E-state index contributed by atoms with van der Waals surface area (Å²) in [6, 6.07) is 7.49. The standard InChI is InChI=1S/C15H22FNS/c16-13-7-9-15(10-8-13)18-12-11-17-14-5-3-1-2-4-6-14/h7-10,14,17H,1-6,11-12H2. The highest BCUT2D eigenvalue weighted by Gasteiger charge is 2.10. The Labute approximate surface area is 114 Å². The van der Waals surface area contributed by atoms with E-state index in [1.165, 1.54) is 50.7 Å². The van der Waals surface area contributed by atoms with Gasteiger partial charge >= 0.3 is 0 Å². The molecule has 0 aromatic heterocycles. The summed E-state index contributed by atoms with van der Waals surface area (Å²) in [5.41, 5.74) is 0. The molecule has 1 aliphatic carbocycles. The molecule has 0 bridgehead atoms. The van der Waals surface area contributed by atoms with Gasteiger partial charge in [-0.05, 0) is 37.1 Å². The average Bonchev–Trinajstić information content (AvgIpc) is 2.65. The molecule has 2 rings (SSSR count). The van der Waals surface area contributed by atoms with Crippen LogP contribution in [0.5, 0.6) is 0 Å². The zero-order valence-corrected chi connectivity index (χ0v) is 11.6. The van der Waals surface area contributed by atoms with Crippen molar-refractivity contribution in [3.8, 4) is 0 Å². The lowest BCUT2D eigenvalue weighted by Crippen LogP contribution is -2.30. The normalized spacial score (nSPS) is 17.6. The Kier molecular flexibility index (Phi) is 6.01. The van der Waals surface area contributed by atoms with Gasteiger partial charge in [0, 0.05) is 23.2 Å². The van der Waals surface area contributed by atoms with Crippen LogP contribution in [0, 0.1) is 5.82 Å². The van der Waals surface area contributed by atoms with Gasteiger partial charge in [0.25, 0.3) is 0 Å². The molecule has 0 radical (unpaired) electrons. The fraction of sp³-hybridized carbons (Fsp3) is 0.600. The average molecular weight is 267 g/mol. The first-order chi connectivity index (χ1) is 8.84. The Bertz CT molecular complexity index is 331. The fourth-order valence-electron chi connectivity index (χ4n) is 2.45. The van der Waals surface area contributed by atoms with Crippen LogP contribution in [0.1, 0.15) is 38.5 Å². The van der Waals surface area contributed by atoms with Crippen LogP contribution in [0.2, 0.25) is 0 Å². The Hall–Kier alpha value is -0.540. The van der Waals surface area contributed by atoms with E-state index in [0.717, 1.165) is 23.2 Å². The summed E-state index contributed by atoms with van der Waals surface area (Å²) >= 11 is 1.79. The summed E-state index contributed by atoms with van der Waals surface area (Å²) in [5, 5.41) is 3.65. The van der Waals surface area contributed by atoms with Crippen LogP contribution in [-0.2, 0) is 0 Å². The molecule has 0 unspecified atom stereocenters. The van der Waals surface area contributed by atoms with Crippen LogP contribution in [-0.4, -0.2) is 18.3 Å². The third-order valence-corrected chi connectivity index (χ3v) is 4.49. The van der Waals surface area contributed by atoms with Crippen LogP contribution in [0.4, 0.5) is 4.39 Å². The second-order valence-electron chi connectivity index (χ2n) is 4.94. The van der Waals surface area contributed by atoms with Gasteiger partial charge in [0.05, 0.1) is 0 Å². The highest BCUT2D eigenvalue weighted by molar-refractivity contribution is 7.99. The predicted molar refractivity (Wildman–Crippen MR) is 76.6 cm³/mol. The van der Waals surface area contributed by atoms with E-state index in [9.17, 15) is 4.39 Å². The Morgan fingerprint density at radius 3 is 2.39 bits per heavy atom. The molecule has 0 spiro atoms. The molecule has 1 N–H and O–H groups in total. The number of hydrogen-bond donors (Lipinski definition) is 1. The minimum Gasteiger partial charge on any atom is -0.313 e. The summed E-state index contributed by atoms with van der Waals surface area (Å²) < 4.78 is 12.7. The largest absolute Gasteiger partial charge is 0.313 e. The highest BCUT2D eigenvalue weighted by Crippen LogP contribution is 2.19. The first kappa shape index (κ1) is 13.9. The molecule has 0 atom stereocenters. The molecule has 0 aliphatic heterocycles. The van der Waals surface area contributed by atoms with E-state index in [0.29, 0.717) is 0 Å². The van der Waals surface area contributed by atoms with Gasteiger partial charge in [-0.25, -0.2) is 4.39 Å². The number of benzene rings is 1. The molecule has 3 heteroatoms. The molecule has 1 nitrogen and oxygen atoms in total. The number of thioether (sulfide) groups is 1. The maximum Gasteiger partial charge on any atom is 0.123 e. The summed E-state index contributed by atoms with van der Waals surface area (Å²) in [7, 11) is 0. The van der Waals surface area contributed by atoms with Gasteiger partial charge in [0.15, 0.2) is 0 Å². The zero-order valence-electron chi connectivity index (χ0n) is 10.8. The van der Waals surface area contributed by atoms with Crippen molar-refractivity contribution in [3.05, 3.63) is 30.1 Å². The van der Waals surface area contributed by atoms with Crippen molar-refractivity contribution in [2.24, 2.45) is 0 Å². The molecule has 1 saturated carbocycles. The fourth-order valence-corrected chi connectivity index (χ4v) is 3.23. The van der Waals surface area contributed by atoms with Crippen molar-refractivity contribution in [1.29, 1.82) is 0 Å². The van der Waals surface area contributed by atoms with Crippen molar-refractivity contribution in [1.82, 2.24) is 5.32 Å². The number of nitrogens with one attached hydrogen (secondary N) is 1. The SMILES string of the molecule is Fc1ccc(SCCNC2CCCCCC2)cc1. The summed E-state index contributed by atoms with van der Waals surface area (Å²) in [4.78, 5) is 1.15. The highest BCUT2D eigenvalue weighted by atomic mass is 32.2. The van der Waals surface area contributed by atoms with Crippen LogP contribution >= 0.6 is 11.8 Å². The topological polar surface area (TPSA) is 12.0 Å². The number of halogens is 1. The van der Waals surface area contributed by atoms with Gasteiger partial charge in [-0.3, -0.25) is 0 Å². The van der Waals surface area contributed by atoms with Crippen LogP contribution < -0.4 is 5.32 Å². The van der Waals surface area contributed by atoms with E-state index in [1.807, 2.05) is 12.1 Å². The summed E-state index contributed by atoms with van der Waals surface area (Å²) in [5.74, 6) is 0.901. The lowest BCUT2D eigenvalue weighted by Gasteiger charge is -2.15. The second-order valence-corrected chi connectivity index (χ2v) is 6.11. The smallest absolute Gasteiger partial charge is 0.123 e. The minimum absolute atomic E-state index is 0.157. The maximum absolute atomic E-state index is 12.7. The van der Waals surface area contributed by atoms with Crippen LogP contribution in [0.3, 0.4) is 0 Å². The molecule has 1 aromatic carbocycles. The molecule has 1 aliphatic rings. The molecular formula is C15H22FNS. The van der Waals surface area contributed by atoms with Gasteiger partial charge in [-0.15, -0.1) is 11.8 Å². The van der Waals surface area contributed by atoms with Crippen molar-refractivity contribution >= 4 is 11.8 Å². The number of rotatable bonds is 5. The molecular weight excluding hydrogens is 245 g/mol. The molecule has 0 saturated heterocycles. The maximum atomic E-state index is 12.7. The third-order valence-electron chi connectivity index (χ3n) is 3.47. The Morgan fingerprint density at radius 2 is 1.72 bits per heavy atom. The molecule has 100 valence electrons. The molecule has 0 heterocycles. The first-order valence-electron chi connectivity index (χ1n) is 6.96. The molecule has 18 heavy (non-hydrogen) atoms. The molecule has 1 aromatic rings. The van der Waals surface area contributed by atoms with Crippen molar-refractivity contribution in [3.63, 3.8) is 0 Å². The second kappa shape index (κ2) is 7.80. The first-order valence-corrected chi connectivity index (χ1v) is 7.95. The van der Waals surface area contributed by atoms with Crippen molar-refractivity contribution < 1.29 is 4.39 Å². The van der Waals surface area contributed by atoms with E-state index < -0.39 is 0 Å². The minimum atomic E-state index is -0.157. The van der Waals surface area contributed by atoms with Gasteiger partial charge in [0.1, 0.15) is 5.82 Å². The molecule has 1 fully saturated rings. The number of hydrogen-bond acceptors (Lipinski definition) is 2. The van der Waals surface area contributed by atoms with E-state index in [4.69, 9.17) is 0 Å². The summed E-state index contributed by atoms with van der Waals surface area (Å²) in [6.45, 7) is 1.05. The van der Waals surface area contributed by atoms with E-state index in [-0.39, 0.29) is 5.82 Å². The zero-order chi connectivity index (χ0) is 12.6. The van der Waals surface area contributed by atoms with Crippen LogP contribution in [0.25, 0.3) is 0 Å². The Balaban J connectivity index is 1.61. The molecule has 0 amide bonds.